The SMILES string of the molecule is NC(=O)Nc1sccc1COC=O. The summed E-state index contributed by atoms with van der Waals surface area (Å²) in [6.45, 7) is 0.494. The molecule has 2 amide bonds. The molecule has 1 aromatic heterocycles. The number of rotatable bonds is 4. The predicted octanol–water partition coefficient (Wildman–Crippen LogP) is 0.912. The normalized spacial score (nSPS) is 9.23. The molecule has 13 heavy (non-hydrogen) atoms. The Bertz CT molecular complexity index is 310. The van der Waals surface area contributed by atoms with Crippen LogP contribution >= 0.6 is 11.3 Å². The number of thiophene rings is 1. The smallest absolute Gasteiger partial charge is 0.317 e. The summed E-state index contributed by atoms with van der Waals surface area (Å²) in [4.78, 5) is 20.4. The van der Waals surface area contributed by atoms with E-state index in [-0.39, 0.29) is 6.61 Å². The van der Waals surface area contributed by atoms with E-state index in [0.717, 1.165) is 5.56 Å². The lowest BCUT2D eigenvalue weighted by Crippen LogP contribution is -2.19. The highest BCUT2D eigenvalue weighted by molar-refractivity contribution is 7.14. The first-order valence-electron chi connectivity index (χ1n) is 3.42. The van der Waals surface area contributed by atoms with E-state index in [4.69, 9.17) is 5.73 Å². The van der Waals surface area contributed by atoms with Crippen LogP contribution in [0.25, 0.3) is 0 Å². The quantitative estimate of drug-likeness (QED) is 0.709. The Hall–Kier alpha value is -1.56. The summed E-state index contributed by atoms with van der Waals surface area (Å²) in [7, 11) is 0. The summed E-state index contributed by atoms with van der Waals surface area (Å²) in [6, 6.07) is 1.12. The van der Waals surface area contributed by atoms with Crippen molar-refractivity contribution >= 4 is 28.8 Å². The summed E-state index contributed by atoms with van der Waals surface area (Å²) in [5.74, 6) is 0. The summed E-state index contributed by atoms with van der Waals surface area (Å²) >= 11 is 1.32. The van der Waals surface area contributed by atoms with Crippen molar-refractivity contribution in [3.8, 4) is 0 Å². The van der Waals surface area contributed by atoms with Crippen LogP contribution in [0.2, 0.25) is 0 Å². The van der Waals surface area contributed by atoms with Gasteiger partial charge in [-0.15, -0.1) is 11.3 Å². The van der Waals surface area contributed by atoms with Crippen molar-refractivity contribution in [3.05, 3.63) is 17.0 Å². The molecule has 1 aromatic rings. The average molecular weight is 200 g/mol. The van der Waals surface area contributed by atoms with Crippen LogP contribution in [0.15, 0.2) is 11.4 Å². The molecule has 1 rings (SSSR count). The van der Waals surface area contributed by atoms with Crippen LogP contribution in [-0.2, 0) is 16.1 Å². The van der Waals surface area contributed by atoms with Crippen molar-refractivity contribution < 1.29 is 14.3 Å². The zero-order chi connectivity index (χ0) is 9.68. The molecule has 6 heteroatoms. The van der Waals surface area contributed by atoms with Crippen LogP contribution in [0.1, 0.15) is 5.56 Å². The van der Waals surface area contributed by atoms with Gasteiger partial charge in [-0.3, -0.25) is 10.1 Å². The van der Waals surface area contributed by atoms with Gasteiger partial charge in [0, 0.05) is 5.56 Å². The lowest BCUT2D eigenvalue weighted by Gasteiger charge is -2.01. The fraction of sp³-hybridized carbons (Fsp3) is 0.143. The number of primary amides is 1. The van der Waals surface area contributed by atoms with Gasteiger partial charge in [0.25, 0.3) is 6.47 Å². The van der Waals surface area contributed by atoms with Gasteiger partial charge >= 0.3 is 6.03 Å². The number of amides is 2. The highest BCUT2D eigenvalue weighted by Gasteiger charge is 2.05. The lowest BCUT2D eigenvalue weighted by molar-refractivity contribution is -0.129. The Morgan fingerprint density at radius 1 is 1.77 bits per heavy atom. The molecule has 0 spiro atoms. The van der Waals surface area contributed by atoms with Crippen molar-refractivity contribution in [2.45, 2.75) is 6.61 Å². The first-order chi connectivity index (χ1) is 6.24. The topological polar surface area (TPSA) is 81.4 Å². The molecule has 0 fully saturated rings. The van der Waals surface area contributed by atoms with Gasteiger partial charge in [-0.2, -0.15) is 0 Å². The number of ether oxygens (including phenoxy) is 1. The zero-order valence-electron chi connectivity index (χ0n) is 6.65. The molecule has 0 atom stereocenters. The molecule has 0 unspecified atom stereocenters. The fourth-order valence-electron chi connectivity index (χ4n) is 0.795. The first kappa shape index (κ1) is 9.53. The Labute approximate surface area is 78.5 Å². The monoisotopic (exact) mass is 200 g/mol. The van der Waals surface area contributed by atoms with Crippen LogP contribution in [0, 0.1) is 0 Å². The van der Waals surface area contributed by atoms with Gasteiger partial charge in [0.2, 0.25) is 0 Å². The molecule has 70 valence electrons. The third kappa shape index (κ3) is 2.75. The number of urea groups is 1. The Morgan fingerprint density at radius 2 is 2.54 bits per heavy atom. The number of hydrogen-bond acceptors (Lipinski definition) is 4. The maximum Gasteiger partial charge on any atom is 0.317 e. The van der Waals surface area contributed by atoms with Crippen molar-refractivity contribution in [2.24, 2.45) is 5.73 Å². The molecule has 0 aliphatic heterocycles. The standard InChI is InChI=1S/C7H8N2O3S/c8-7(11)9-6-5(1-2-13-6)3-12-4-10/h1-2,4H,3H2,(H3,8,9,11). The van der Waals surface area contributed by atoms with E-state index in [2.05, 4.69) is 10.1 Å². The number of carbonyl (C=O) groups excluding carboxylic acids is 2. The summed E-state index contributed by atoms with van der Waals surface area (Å²) in [6.07, 6.45) is 0. The highest BCUT2D eigenvalue weighted by Crippen LogP contribution is 2.23. The van der Waals surface area contributed by atoms with Gasteiger partial charge in [-0.25, -0.2) is 4.79 Å². The first-order valence-corrected chi connectivity index (χ1v) is 4.30. The molecule has 0 saturated heterocycles. The van der Waals surface area contributed by atoms with Crippen molar-refractivity contribution in [2.75, 3.05) is 5.32 Å². The second-order valence-corrected chi connectivity index (χ2v) is 3.09. The number of anilines is 1. The van der Waals surface area contributed by atoms with Crippen molar-refractivity contribution in [1.82, 2.24) is 0 Å². The van der Waals surface area contributed by atoms with Gasteiger partial charge in [-0.1, -0.05) is 0 Å². The minimum absolute atomic E-state index is 0.141. The van der Waals surface area contributed by atoms with E-state index in [0.29, 0.717) is 11.5 Å². The van der Waals surface area contributed by atoms with E-state index in [1.165, 1.54) is 11.3 Å². The van der Waals surface area contributed by atoms with E-state index in [9.17, 15) is 9.59 Å². The van der Waals surface area contributed by atoms with E-state index < -0.39 is 6.03 Å². The van der Waals surface area contributed by atoms with Crippen molar-refractivity contribution in [1.29, 1.82) is 0 Å². The van der Waals surface area contributed by atoms with E-state index >= 15 is 0 Å². The Kier molecular flexibility index (Phi) is 3.27. The van der Waals surface area contributed by atoms with Gasteiger partial charge in [0.05, 0.1) is 0 Å². The highest BCUT2D eigenvalue weighted by atomic mass is 32.1. The van der Waals surface area contributed by atoms with Gasteiger partial charge in [0.15, 0.2) is 0 Å². The second-order valence-electron chi connectivity index (χ2n) is 2.17. The van der Waals surface area contributed by atoms with Crippen molar-refractivity contribution in [3.63, 3.8) is 0 Å². The average Bonchev–Trinajstić information content (AvgIpc) is 2.48. The molecule has 0 saturated carbocycles. The van der Waals surface area contributed by atoms with Gasteiger partial charge in [0.1, 0.15) is 11.6 Å². The molecular formula is C7H8N2O3S. The fourth-order valence-corrected chi connectivity index (χ4v) is 1.60. The molecular weight excluding hydrogens is 192 g/mol. The van der Waals surface area contributed by atoms with Gasteiger partial charge < -0.3 is 10.5 Å². The van der Waals surface area contributed by atoms with Gasteiger partial charge in [-0.05, 0) is 11.4 Å². The second kappa shape index (κ2) is 4.46. The minimum Gasteiger partial charge on any atom is -0.463 e. The summed E-state index contributed by atoms with van der Waals surface area (Å²) < 4.78 is 4.53. The van der Waals surface area contributed by atoms with Crippen LogP contribution < -0.4 is 11.1 Å². The van der Waals surface area contributed by atoms with Crippen LogP contribution in [0.3, 0.4) is 0 Å². The zero-order valence-corrected chi connectivity index (χ0v) is 7.47. The van der Waals surface area contributed by atoms with Crippen LogP contribution in [0.5, 0.6) is 0 Å². The molecule has 5 nitrogen and oxygen atoms in total. The third-order valence-corrected chi connectivity index (χ3v) is 2.16. The summed E-state index contributed by atoms with van der Waals surface area (Å²) in [5.41, 5.74) is 5.66. The van der Waals surface area contributed by atoms with E-state index in [1.807, 2.05) is 0 Å². The molecule has 0 radical (unpaired) electrons. The van der Waals surface area contributed by atoms with Crippen LogP contribution in [-0.4, -0.2) is 12.5 Å². The van der Waals surface area contributed by atoms with E-state index in [1.54, 1.807) is 11.4 Å². The number of nitrogens with one attached hydrogen (secondary N) is 1. The molecule has 0 aliphatic rings. The molecule has 3 N–H and O–H groups in total. The van der Waals surface area contributed by atoms with Crippen LogP contribution in [0.4, 0.5) is 9.80 Å². The Morgan fingerprint density at radius 3 is 3.15 bits per heavy atom. The maximum atomic E-state index is 10.5. The lowest BCUT2D eigenvalue weighted by atomic mass is 10.3. The predicted molar refractivity (Wildman–Crippen MR) is 48.4 cm³/mol. The third-order valence-electron chi connectivity index (χ3n) is 1.29. The summed E-state index contributed by atoms with van der Waals surface area (Å²) in [5, 5.41) is 4.80. The number of hydrogen-bond donors (Lipinski definition) is 2. The molecule has 0 aromatic carbocycles. The molecule has 0 bridgehead atoms. The minimum atomic E-state index is -0.630. The largest absolute Gasteiger partial charge is 0.463 e. The maximum absolute atomic E-state index is 10.5. The number of carbonyl (C=O) groups is 2. The Balaban J connectivity index is 2.65. The number of nitrogens with two attached hydrogens (primary N) is 1. The molecule has 0 aliphatic carbocycles. The molecule has 1 heterocycles.